The zero-order valence-corrected chi connectivity index (χ0v) is 12.3. The number of methoxy groups -OCH3 is 1. The van der Waals surface area contributed by atoms with Crippen LogP contribution in [0, 0.1) is 19.3 Å². The van der Waals surface area contributed by atoms with E-state index in [0.717, 1.165) is 22.4 Å². The van der Waals surface area contributed by atoms with E-state index in [1.807, 2.05) is 39.8 Å². The number of nitrogens with two attached hydrogens (primary N) is 1. The van der Waals surface area contributed by atoms with Crippen LogP contribution in [0.1, 0.15) is 43.0 Å². The van der Waals surface area contributed by atoms with Crippen LogP contribution in [0.3, 0.4) is 0 Å². The van der Waals surface area contributed by atoms with Gasteiger partial charge < -0.3 is 15.6 Å². The molecule has 106 valence electrons. The van der Waals surface area contributed by atoms with Crippen LogP contribution in [0.5, 0.6) is 5.75 Å². The molecule has 0 bridgehead atoms. The molecule has 0 aliphatic rings. The fourth-order valence-corrected chi connectivity index (χ4v) is 2.42. The lowest BCUT2D eigenvalue weighted by Gasteiger charge is -2.32. The average molecular weight is 265 g/mol. The van der Waals surface area contributed by atoms with E-state index in [0.29, 0.717) is 0 Å². The molecule has 1 aromatic rings. The summed E-state index contributed by atoms with van der Waals surface area (Å²) in [7, 11) is 1.61. The Bertz CT molecular complexity index is 481. The van der Waals surface area contributed by atoms with Gasteiger partial charge in [0.1, 0.15) is 5.75 Å². The summed E-state index contributed by atoms with van der Waals surface area (Å²) in [5.74, 6) is -0.0969. The van der Waals surface area contributed by atoms with Crippen LogP contribution in [0.15, 0.2) is 12.1 Å². The Kier molecular flexibility index (Phi) is 4.58. The Hall–Kier alpha value is -1.55. The summed E-state index contributed by atoms with van der Waals surface area (Å²) in [6, 6.07) is 3.61. The van der Waals surface area contributed by atoms with Gasteiger partial charge in [-0.1, -0.05) is 31.5 Å². The Morgan fingerprint density at radius 2 is 2.00 bits per heavy atom. The number of benzene rings is 1. The van der Waals surface area contributed by atoms with Gasteiger partial charge in [0, 0.05) is 11.6 Å². The number of ether oxygens (including phenoxy) is 1. The third kappa shape index (κ3) is 3.47. The zero-order valence-electron chi connectivity index (χ0n) is 12.3. The van der Waals surface area contributed by atoms with Crippen LogP contribution in [-0.2, 0) is 4.79 Å². The number of carboxylic acid groups (broad SMARTS) is 1. The van der Waals surface area contributed by atoms with E-state index < -0.39 is 17.4 Å². The van der Waals surface area contributed by atoms with Crippen molar-refractivity contribution in [1.82, 2.24) is 0 Å². The highest BCUT2D eigenvalue weighted by Crippen LogP contribution is 2.40. The summed E-state index contributed by atoms with van der Waals surface area (Å²) >= 11 is 0. The topological polar surface area (TPSA) is 72.5 Å². The fourth-order valence-electron chi connectivity index (χ4n) is 2.42. The van der Waals surface area contributed by atoms with Gasteiger partial charge in [0.25, 0.3) is 0 Å². The van der Waals surface area contributed by atoms with Crippen LogP contribution >= 0.6 is 0 Å². The summed E-state index contributed by atoms with van der Waals surface area (Å²) in [5.41, 5.74) is 8.72. The van der Waals surface area contributed by atoms with Gasteiger partial charge in [-0.25, -0.2) is 0 Å². The van der Waals surface area contributed by atoms with Gasteiger partial charge in [-0.3, -0.25) is 4.79 Å². The molecule has 3 N–H and O–H groups in total. The summed E-state index contributed by atoms with van der Waals surface area (Å²) in [5, 5.41) is 8.99. The zero-order chi connectivity index (χ0) is 14.8. The molecule has 0 radical (unpaired) electrons. The molecule has 1 unspecified atom stereocenters. The molecule has 4 nitrogen and oxygen atoms in total. The first-order valence-corrected chi connectivity index (χ1v) is 6.31. The molecule has 1 rings (SSSR count). The molecule has 4 heteroatoms. The van der Waals surface area contributed by atoms with Crippen molar-refractivity contribution in [1.29, 1.82) is 0 Å². The van der Waals surface area contributed by atoms with Gasteiger partial charge in [-0.2, -0.15) is 0 Å². The maximum Gasteiger partial charge on any atom is 0.303 e. The first kappa shape index (κ1) is 15.5. The van der Waals surface area contributed by atoms with E-state index in [2.05, 4.69) is 0 Å². The minimum absolute atomic E-state index is 0.0182. The van der Waals surface area contributed by atoms with Crippen molar-refractivity contribution in [2.75, 3.05) is 7.11 Å². The fraction of sp³-hybridized carbons (Fsp3) is 0.533. The molecule has 0 saturated carbocycles. The average Bonchev–Trinajstić information content (AvgIpc) is 2.25. The number of aryl methyl sites for hydroxylation is 2. The number of rotatable bonds is 5. The highest BCUT2D eigenvalue weighted by atomic mass is 16.5. The molecule has 0 aliphatic carbocycles. The molecule has 0 fully saturated rings. The second-order valence-electron chi connectivity index (χ2n) is 5.74. The monoisotopic (exact) mass is 265 g/mol. The van der Waals surface area contributed by atoms with Gasteiger partial charge in [-0.05, 0) is 24.8 Å². The largest absolute Gasteiger partial charge is 0.496 e. The molecule has 0 aromatic heterocycles. The standard InChI is InChI=1S/C15H23NO3/c1-9-6-10(2)13(19-5)11(7-9)14(16)15(3,4)8-12(17)18/h6-7,14H,8,16H2,1-5H3,(H,17,18). The van der Waals surface area contributed by atoms with Crippen molar-refractivity contribution >= 4 is 5.97 Å². The van der Waals surface area contributed by atoms with Crippen LogP contribution < -0.4 is 10.5 Å². The van der Waals surface area contributed by atoms with Gasteiger partial charge >= 0.3 is 5.97 Å². The summed E-state index contributed by atoms with van der Waals surface area (Å²) < 4.78 is 5.42. The Balaban J connectivity index is 3.25. The first-order chi connectivity index (χ1) is 8.69. The normalized spacial score (nSPS) is 13.2. The number of hydrogen-bond acceptors (Lipinski definition) is 3. The van der Waals surface area contributed by atoms with Crippen LogP contribution in [0.2, 0.25) is 0 Å². The minimum Gasteiger partial charge on any atom is -0.496 e. The second-order valence-corrected chi connectivity index (χ2v) is 5.74. The third-order valence-electron chi connectivity index (χ3n) is 3.44. The molecule has 0 spiro atoms. The lowest BCUT2D eigenvalue weighted by molar-refractivity contribution is -0.139. The lowest BCUT2D eigenvalue weighted by atomic mass is 9.77. The van der Waals surface area contributed by atoms with Crippen molar-refractivity contribution < 1.29 is 14.6 Å². The Morgan fingerprint density at radius 3 is 2.47 bits per heavy atom. The van der Waals surface area contributed by atoms with Gasteiger partial charge in [0.15, 0.2) is 0 Å². The minimum atomic E-state index is -0.844. The lowest BCUT2D eigenvalue weighted by Crippen LogP contribution is -2.32. The van der Waals surface area contributed by atoms with Crippen LogP contribution in [0.4, 0.5) is 0 Å². The maximum atomic E-state index is 11.0. The summed E-state index contributed by atoms with van der Waals surface area (Å²) in [6.45, 7) is 7.69. The molecule has 0 amide bonds. The molecular weight excluding hydrogens is 242 g/mol. The molecule has 1 atom stereocenters. The highest BCUT2D eigenvalue weighted by molar-refractivity contribution is 5.68. The van der Waals surface area contributed by atoms with Gasteiger partial charge in [-0.15, -0.1) is 0 Å². The first-order valence-electron chi connectivity index (χ1n) is 6.31. The molecular formula is C15H23NO3. The van der Waals surface area contributed by atoms with Crippen LogP contribution in [-0.4, -0.2) is 18.2 Å². The molecule has 19 heavy (non-hydrogen) atoms. The maximum absolute atomic E-state index is 11.0. The van der Waals surface area contributed by atoms with Crippen molar-refractivity contribution in [3.63, 3.8) is 0 Å². The van der Waals surface area contributed by atoms with Gasteiger partial charge in [0.05, 0.1) is 13.5 Å². The van der Waals surface area contributed by atoms with E-state index in [9.17, 15) is 4.79 Å². The number of hydrogen-bond donors (Lipinski definition) is 2. The van der Waals surface area contributed by atoms with Crippen molar-refractivity contribution in [2.24, 2.45) is 11.1 Å². The summed E-state index contributed by atoms with van der Waals surface area (Å²) in [6.07, 6.45) is 0.0182. The Morgan fingerprint density at radius 1 is 1.42 bits per heavy atom. The predicted octanol–water partition coefficient (Wildman–Crippen LogP) is 2.81. The molecule has 0 aliphatic heterocycles. The van der Waals surface area contributed by atoms with Crippen molar-refractivity contribution in [3.05, 3.63) is 28.8 Å². The van der Waals surface area contributed by atoms with Crippen molar-refractivity contribution in [3.8, 4) is 5.75 Å². The number of aliphatic carboxylic acids is 1. The van der Waals surface area contributed by atoms with Gasteiger partial charge in [0.2, 0.25) is 0 Å². The SMILES string of the molecule is COc1c(C)cc(C)cc1C(N)C(C)(C)CC(=O)O. The van der Waals surface area contributed by atoms with E-state index in [1.165, 1.54) is 0 Å². The molecule has 0 saturated heterocycles. The quantitative estimate of drug-likeness (QED) is 0.858. The molecule has 0 heterocycles. The number of carbonyl (C=O) groups is 1. The van der Waals surface area contributed by atoms with Crippen molar-refractivity contribution in [2.45, 2.75) is 40.2 Å². The van der Waals surface area contributed by atoms with E-state index >= 15 is 0 Å². The second kappa shape index (κ2) is 5.61. The van der Waals surface area contributed by atoms with E-state index in [-0.39, 0.29) is 6.42 Å². The Labute approximate surface area is 114 Å². The number of carboxylic acids is 1. The smallest absolute Gasteiger partial charge is 0.303 e. The van der Waals surface area contributed by atoms with E-state index in [4.69, 9.17) is 15.6 Å². The predicted molar refractivity (Wildman–Crippen MR) is 75.4 cm³/mol. The highest BCUT2D eigenvalue weighted by Gasteiger charge is 2.32. The summed E-state index contributed by atoms with van der Waals surface area (Å²) in [4.78, 5) is 11.0. The van der Waals surface area contributed by atoms with E-state index in [1.54, 1.807) is 7.11 Å². The van der Waals surface area contributed by atoms with Crippen LogP contribution in [0.25, 0.3) is 0 Å². The third-order valence-corrected chi connectivity index (χ3v) is 3.44. The molecule has 1 aromatic carbocycles.